The maximum atomic E-state index is 13.9. The molecule has 204 valence electrons. The first kappa shape index (κ1) is 28.5. The molecule has 3 aromatic carbocycles. The lowest BCUT2D eigenvalue weighted by Crippen LogP contribution is -2.42. The molecule has 0 radical (unpaired) electrons. The number of hydrogen-bond donors (Lipinski definition) is 2. The van der Waals surface area contributed by atoms with Crippen molar-refractivity contribution in [1.29, 1.82) is 0 Å². The molecule has 1 atom stereocenters. The largest absolute Gasteiger partial charge is 0.330 e. The van der Waals surface area contributed by atoms with Crippen LogP contribution in [0.1, 0.15) is 48.9 Å². The van der Waals surface area contributed by atoms with Gasteiger partial charge in [0.05, 0.1) is 27.7 Å². The van der Waals surface area contributed by atoms with E-state index in [9.17, 15) is 14.0 Å². The number of carbonyl (C=O) groups excluding carboxylic acids is 1. The number of nitrogens with zero attached hydrogens (tertiary/aromatic N) is 3. The molecule has 4 rings (SSSR count). The van der Waals surface area contributed by atoms with E-state index in [0.717, 1.165) is 6.07 Å². The summed E-state index contributed by atoms with van der Waals surface area (Å²) < 4.78 is 15.3. The molecular formula is C29H30Cl2FN5O2. The summed E-state index contributed by atoms with van der Waals surface area (Å²) in [5.41, 5.74) is 10.00. The van der Waals surface area contributed by atoms with Gasteiger partial charge in [0.25, 0.3) is 11.5 Å². The Morgan fingerprint density at radius 2 is 1.85 bits per heavy atom. The van der Waals surface area contributed by atoms with Crippen LogP contribution < -0.4 is 16.7 Å². The van der Waals surface area contributed by atoms with Crippen molar-refractivity contribution >= 4 is 45.7 Å². The first-order valence-corrected chi connectivity index (χ1v) is 13.5. The number of benzene rings is 3. The van der Waals surface area contributed by atoms with Gasteiger partial charge in [0.2, 0.25) is 0 Å². The van der Waals surface area contributed by atoms with Gasteiger partial charge >= 0.3 is 0 Å². The second-order valence-electron chi connectivity index (χ2n) is 9.66. The van der Waals surface area contributed by atoms with E-state index in [0.29, 0.717) is 46.8 Å². The number of nitrogens with one attached hydrogen (secondary N) is 1. The van der Waals surface area contributed by atoms with Crippen LogP contribution in [0, 0.1) is 11.7 Å². The van der Waals surface area contributed by atoms with Crippen molar-refractivity contribution in [1.82, 2.24) is 14.6 Å². The van der Waals surface area contributed by atoms with Gasteiger partial charge in [-0.2, -0.15) is 0 Å². The number of fused-ring (bicyclic) bond motifs is 1. The standard InChI is InChI=1S/C29H30Cl2FN5O2/c1-18(2)15-26(36(14-6-13-33)28(38)19-9-12-24(32)23(31)16-19)27-34-25-17-20(30)10-11-22(25)29(39)37(27)35-21-7-4-3-5-8-21/h3-5,7-12,16-18,26,35H,6,13-15,33H2,1-2H3. The van der Waals surface area contributed by atoms with Crippen LogP contribution in [-0.4, -0.2) is 33.6 Å². The minimum Gasteiger partial charge on any atom is -0.330 e. The van der Waals surface area contributed by atoms with Gasteiger partial charge in [0, 0.05) is 17.1 Å². The fraction of sp³-hybridized carbons (Fsp3) is 0.276. The third-order valence-corrected chi connectivity index (χ3v) is 6.80. The van der Waals surface area contributed by atoms with Gasteiger partial charge in [0.15, 0.2) is 5.82 Å². The Hall–Kier alpha value is -3.46. The van der Waals surface area contributed by atoms with Gasteiger partial charge in [0.1, 0.15) is 5.82 Å². The Morgan fingerprint density at radius 3 is 2.51 bits per heavy atom. The summed E-state index contributed by atoms with van der Waals surface area (Å²) in [6, 6.07) is 17.4. The van der Waals surface area contributed by atoms with Gasteiger partial charge in [-0.15, -0.1) is 0 Å². The number of halogens is 3. The van der Waals surface area contributed by atoms with Crippen molar-refractivity contribution in [2.45, 2.75) is 32.7 Å². The Morgan fingerprint density at radius 1 is 1.10 bits per heavy atom. The second kappa shape index (κ2) is 12.6. The number of amides is 1. The van der Waals surface area contributed by atoms with Crippen molar-refractivity contribution < 1.29 is 9.18 Å². The van der Waals surface area contributed by atoms with Crippen molar-refractivity contribution in [2.24, 2.45) is 11.7 Å². The third kappa shape index (κ3) is 6.58. The van der Waals surface area contributed by atoms with E-state index in [1.807, 2.05) is 44.2 Å². The highest BCUT2D eigenvalue weighted by molar-refractivity contribution is 6.31. The molecule has 1 heterocycles. The zero-order valence-corrected chi connectivity index (χ0v) is 23.2. The summed E-state index contributed by atoms with van der Waals surface area (Å²) in [4.78, 5) is 34.3. The summed E-state index contributed by atoms with van der Waals surface area (Å²) in [5.74, 6) is -0.528. The van der Waals surface area contributed by atoms with Crippen LogP contribution in [-0.2, 0) is 0 Å². The monoisotopic (exact) mass is 569 g/mol. The number of carbonyl (C=O) groups is 1. The molecule has 0 saturated carbocycles. The molecule has 39 heavy (non-hydrogen) atoms. The van der Waals surface area contributed by atoms with Gasteiger partial charge in [-0.05, 0) is 73.8 Å². The molecule has 0 saturated heterocycles. The van der Waals surface area contributed by atoms with E-state index in [1.54, 1.807) is 23.1 Å². The maximum absolute atomic E-state index is 13.9. The Balaban J connectivity index is 1.94. The lowest BCUT2D eigenvalue weighted by molar-refractivity contribution is 0.0637. The Kier molecular flexibility index (Phi) is 9.22. The van der Waals surface area contributed by atoms with Gasteiger partial charge < -0.3 is 10.6 Å². The van der Waals surface area contributed by atoms with Crippen LogP contribution in [0.3, 0.4) is 0 Å². The lowest BCUT2D eigenvalue weighted by Gasteiger charge is -2.34. The molecule has 0 aliphatic heterocycles. The van der Waals surface area contributed by atoms with Crippen LogP contribution in [0.5, 0.6) is 0 Å². The average Bonchev–Trinajstić information content (AvgIpc) is 2.91. The van der Waals surface area contributed by atoms with Crippen molar-refractivity contribution in [2.75, 3.05) is 18.5 Å². The molecule has 0 spiro atoms. The van der Waals surface area contributed by atoms with E-state index in [2.05, 4.69) is 5.43 Å². The van der Waals surface area contributed by atoms with E-state index in [1.165, 1.54) is 16.8 Å². The fourth-order valence-corrected chi connectivity index (χ4v) is 4.77. The molecule has 3 N–H and O–H groups in total. The molecule has 7 nitrogen and oxygen atoms in total. The molecule has 1 aromatic heterocycles. The minimum atomic E-state index is -0.639. The van der Waals surface area contributed by atoms with Gasteiger partial charge in [-0.3, -0.25) is 15.0 Å². The summed E-state index contributed by atoms with van der Waals surface area (Å²) in [5, 5.41) is 0.660. The summed E-state index contributed by atoms with van der Waals surface area (Å²) in [6.07, 6.45) is 0.991. The van der Waals surface area contributed by atoms with E-state index >= 15 is 0 Å². The first-order chi connectivity index (χ1) is 18.7. The zero-order valence-electron chi connectivity index (χ0n) is 21.7. The molecule has 1 amide bonds. The van der Waals surface area contributed by atoms with Crippen LogP contribution in [0.2, 0.25) is 10.0 Å². The highest BCUT2D eigenvalue weighted by Gasteiger charge is 2.31. The fourth-order valence-electron chi connectivity index (χ4n) is 4.42. The predicted octanol–water partition coefficient (Wildman–Crippen LogP) is 6.30. The lowest BCUT2D eigenvalue weighted by atomic mass is 9.99. The maximum Gasteiger partial charge on any atom is 0.280 e. The number of para-hydroxylation sites is 1. The highest BCUT2D eigenvalue weighted by atomic mass is 35.5. The molecule has 0 aliphatic carbocycles. The molecule has 0 bridgehead atoms. The van der Waals surface area contributed by atoms with Crippen molar-refractivity contribution in [3.8, 4) is 0 Å². The van der Waals surface area contributed by atoms with E-state index < -0.39 is 11.9 Å². The Bertz CT molecular complexity index is 1530. The summed E-state index contributed by atoms with van der Waals surface area (Å²) in [6.45, 7) is 4.69. The smallest absolute Gasteiger partial charge is 0.280 e. The second-order valence-corrected chi connectivity index (χ2v) is 10.5. The van der Waals surface area contributed by atoms with Gasteiger partial charge in [-0.1, -0.05) is 55.2 Å². The summed E-state index contributed by atoms with van der Waals surface area (Å²) >= 11 is 12.3. The average molecular weight is 570 g/mol. The SMILES string of the molecule is CC(C)CC(c1nc2cc(Cl)ccc2c(=O)n1Nc1ccccc1)N(CCCN)C(=O)c1ccc(F)c(Cl)c1. The minimum absolute atomic E-state index is 0.122. The van der Waals surface area contributed by atoms with Crippen LogP contribution in [0.4, 0.5) is 10.1 Å². The first-order valence-electron chi connectivity index (χ1n) is 12.7. The topological polar surface area (TPSA) is 93.2 Å². The highest BCUT2D eigenvalue weighted by Crippen LogP contribution is 2.30. The van der Waals surface area contributed by atoms with E-state index in [4.69, 9.17) is 33.9 Å². The van der Waals surface area contributed by atoms with Crippen LogP contribution in [0.25, 0.3) is 10.9 Å². The molecular weight excluding hydrogens is 540 g/mol. The van der Waals surface area contributed by atoms with Crippen LogP contribution >= 0.6 is 23.2 Å². The quantitative estimate of drug-likeness (QED) is 0.234. The number of rotatable bonds is 10. The molecule has 0 aliphatic rings. The molecule has 0 fully saturated rings. The number of anilines is 1. The van der Waals surface area contributed by atoms with E-state index in [-0.39, 0.29) is 34.5 Å². The predicted molar refractivity (Wildman–Crippen MR) is 155 cm³/mol. The number of aromatic nitrogens is 2. The molecule has 10 heteroatoms. The Labute approximate surface area is 236 Å². The number of hydrogen-bond acceptors (Lipinski definition) is 5. The zero-order chi connectivity index (χ0) is 28.1. The third-order valence-electron chi connectivity index (χ3n) is 6.27. The molecule has 4 aromatic rings. The van der Waals surface area contributed by atoms with Crippen LogP contribution in [0.15, 0.2) is 71.5 Å². The van der Waals surface area contributed by atoms with Gasteiger partial charge in [-0.25, -0.2) is 14.1 Å². The molecule has 1 unspecified atom stereocenters. The van der Waals surface area contributed by atoms with Crippen molar-refractivity contribution in [3.63, 3.8) is 0 Å². The summed E-state index contributed by atoms with van der Waals surface area (Å²) in [7, 11) is 0. The normalized spacial score (nSPS) is 12.1. The number of nitrogens with two attached hydrogens (primary N) is 1. The van der Waals surface area contributed by atoms with Crippen molar-refractivity contribution in [3.05, 3.63) is 104 Å².